The van der Waals surface area contributed by atoms with Crippen LogP contribution in [-0.4, -0.2) is 4.68 Å². The summed E-state index contributed by atoms with van der Waals surface area (Å²) in [4.78, 5) is 0. The van der Waals surface area contributed by atoms with Crippen LogP contribution < -0.4 is 5.84 Å². The predicted octanol–water partition coefficient (Wildman–Crippen LogP) is 3.97. The number of aryl methyl sites for hydroxylation is 1. The predicted molar refractivity (Wildman–Crippen MR) is 82.4 cm³/mol. The summed E-state index contributed by atoms with van der Waals surface area (Å²) in [7, 11) is 0. The summed E-state index contributed by atoms with van der Waals surface area (Å²) in [6.07, 6.45) is 1.87. The Kier molecular flexibility index (Phi) is 2.64. The molecule has 0 aliphatic rings. The number of rotatable bonds is 2. The van der Waals surface area contributed by atoms with Gasteiger partial charge in [0.2, 0.25) is 0 Å². The van der Waals surface area contributed by atoms with Gasteiger partial charge in [0.25, 0.3) is 0 Å². The molecule has 0 saturated carbocycles. The molecule has 3 aromatic rings. The number of hydrogen-bond donors (Lipinski definition) is 1. The van der Waals surface area contributed by atoms with Gasteiger partial charge in [-0.3, -0.25) is 4.68 Å². The standard InChI is InChI=1S/C17H16N2/c1-3-13-8-4-5-10-15(13)17-12(2)14-9-6-7-11-16(14)19(17)18/h3-11H,1,18H2,2H3. The number of aromatic nitrogens is 1. The van der Waals surface area contributed by atoms with Crippen LogP contribution in [0, 0.1) is 6.92 Å². The molecule has 1 aromatic heterocycles. The van der Waals surface area contributed by atoms with Gasteiger partial charge in [-0.1, -0.05) is 55.1 Å². The van der Waals surface area contributed by atoms with Crippen molar-refractivity contribution < 1.29 is 0 Å². The van der Waals surface area contributed by atoms with Crippen molar-refractivity contribution in [2.24, 2.45) is 0 Å². The summed E-state index contributed by atoms with van der Waals surface area (Å²) in [6.45, 7) is 5.99. The molecule has 94 valence electrons. The number of nitrogens with two attached hydrogens (primary N) is 1. The van der Waals surface area contributed by atoms with Crippen LogP contribution in [0.25, 0.3) is 28.2 Å². The van der Waals surface area contributed by atoms with Crippen LogP contribution in [0.3, 0.4) is 0 Å². The lowest BCUT2D eigenvalue weighted by atomic mass is 10.0. The summed E-state index contributed by atoms with van der Waals surface area (Å²) in [5, 5.41) is 1.19. The van der Waals surface area contributed by atoms with Gasteiger partial charge in [0.1, 0.15) is 0 Å². The van der Waals surface area contributed by atoms with Crippen molar-refractivity contribution >= 4 is 17.0 Å². The lowest BCUT2D eigenvalue weighted by Crippen LogP contribution is -2.09. The van der Waals surface area contributed by atoms with Crippen molar-refractivity contribution in [2.75, 3.05) is 5.84 Å². The average Bonchev–Trinajstić information content (AvgIpc) is 2.71. The van der Waals surface area contributed by atoms with Crippen molar-refractivity contribution in [3.05, 3.63) is 66.2 Å². The fraction of sp³-hybridized carbons (Fsp3) is 0.0588. The van der Waals surface area contributed by atoms with Gasteiger partial charge < -0.3 is 5.84 Å². The summed E-state index contributed by atoms with van der Waals surface area (Å²) in [5.41, 5.74) is 5.52. The molecule has 2 aromatic carbocycles. The zero-order chi connectivity index (χ0) is 13.4. The first kappa shape index (κ1) is 11.6. The SMILES string of the molecule is C=Cc1ccccc1-c1c(C)c2ccccc2n1N. The first-order chi connectivity index (χ1) is 9.24. The Morgan fingerprint density at radius 3 is 2.47 bits per heavy atom. The van der Waals surface area contributed by atoms with Crippen LogP contribution in [0.1, 0.15) is 11.1 Å². The minimum atomic E-state index is 1.05. The quantitative estimate of drug-likeness (QED) is 0.683. The van der Waals surface area contributed by atoms with E-state index in [2.05, 4.69) is 31.7 Å². The molecule has 19 heavy (non-hydrogen) atoms. The van der Waals surface area contributed by atoms with Crippen molar-refractivity contribution in [3.63, 3.8) is 0 Å². The highest BCUT2D eigenvalue weighted by Crippen LogP contribution is 2.33. The Morgan fingerprint density at radius 1 is 1.05 bits per heavy atom. The lowest BCUT2D eigenvalue weighted by molar-refractivity contribution is 1.07. The molecule has 2 nitrogen and oxygen atoms in total. The molecule has 1 heterocycles. The van der Waals surface area contributed by atoms with E-state index in [0.29, 0.717) is 0 Å². The third-order valence-electron chi connectivity index (χ3n) is 3.60. The van der Waals surface area contributed by atoms with E-state index >= 15 is 0 Å². The van der Waals surface area contributed by atoms with Gasteiger partial charge in [0.15, 0.2) is 0 Å². The molecule has 0 aliphatic heterocycles. The van der Waals surface area contributed by atoms with Gasteiger partial charge >= 0.3 is 0 Å². The fourth-order valence-corrected chi connectivity index (χ4v) is 2.65. The smallest absolute Gasteiger partial charge is 0.0738 e. The Labute approximate surface area is 112 Å². The van der Waals surface area contributed by atoms with Gasteiger partial charge in [0, 0.05) is 10.9 Å². The van der Waals surface area contributed by atoms with E-state index in [9.17, 15) is 0 Å². The fourth-order valence-electron chi connectivity index (χ4n) is 2.65. The second-order valence-electron chi connectivity index (χ2n) is 4.65. The van der Waals surface area contributed by atoms with E-state index in [1.807, 2.05) is 36.4 Å². The largest absolute Gasteiger partial charge is 0.339 e. The molecule has 3 rings (SSSR count). The highest BCUT2D eigenvalue weighted by molar-refractivity contribution is 5.93. The van der Waals surface area contributed by atoms with E-state index < -0.39 is 0 Å². The molecule has 0 fully saturated rings. The number of hydrogen-bond acceptors (Lipinski definition) is 1. The monoisotopic (exact) mass is 248 g/mol. The Hall–Kier alpha value is -2.48. The molecule has 0 unspecified atom stereocenters. The molecular weight excluding hydrogens is 232 g/mol. The van der Waals surface area contributed by atoms with E-state index in [4.69, 9.17) is 5.84 Å². The second-order valence-corrected chi connectivity index (χ2v) is 4.65. The van der Waals surface area contributed by atoms with Crippen molar-refractivity contribution in [3.8, 4) is 11.3 Å². The average molecular weight is 248 g/mol. The zero-order valence-corrected chi connectivity index (χ0v) is 10.9. The number of nitrogen functional groups attached to an aromatic ring is 1. The van der Waals surface area contributed by atoms with Gasteiger partial charge in [-0.05, 0) is 24.1 Å². The molecule has 0 radical (unpaired) electrons. The summed E-state index contributed by atoms with van der Waals surface area (Å²) in [6, 6.07) is 16.4. The van der Waals surface area contributed by atoms with E-state index in [-0.39, 0.29) is 0 Å². The summed E-state index contributed by atoms with van der Waals surface area (Å²) < 4.78 is 1.77. The lowest BCUT2D eigenvalue weighted by Gasteiger charge is -2.09. The Morgan fingerprint density at radius 2 is 1.74 bits per heavy atom. The van der Waals surface area contributed by atoms with Gasteiger partial charge in [-0.2, -0.15) is 0 Å². The molecule has 2 N–H and O–H groups in total. The van der Waals surface area contributed by atoms with Crippen molar-refractivity contribution in [1.29, 1.82) is 0 Å². The molecule has 0 atom stereocenters. The maximum atomic E-state index is 6.28. The van der Waals surface area contributed by atoms with Crippen LogP contribution in [-0.2, 0) is 0 Å². The van der Waals surface area contributed by atoms with Crippen LogP contribution in [0.2, 0.25) is 0 Å². The molecule has 0 spiro atoms. The molecule has 0 amide bonds. The number of para-hydroxylation sites is 1. The van der Waals surface area contributed by atoms with E-state index in [0.717, 1.165) is 22.3 Å². The third-order valence-corrected chi connectivity index (χ3v) is 3.60. The maximum absolute atomic E-state index is 6.28. The summed E-state index contributed by atoms with van der Waals surface area (Å²) in [5.74, 6) is 6.28. The van der Waals surface area contributed by atoms with Gasteiger partial charge in [0.05, 0.1) is 11.2 Å². The molecule has 0 aliphatic carbocycles. The van der Waals surface area contributed by atoms with Crippen molar-refractivity contribution in [1.82, 2.24) is 4.68 Å². The van der Waals surface area contributed by atoms with Crippen LogP contribution >= 0.6 is 0 Å². The molecule has 0 bridgehead atoms. The van der Waals surface area contributed by atoms with E-state index in [1.54, 1.807) is 4.68 Å². The molecular formula is C17H16N2. The minimum Gasteiger partial charge on any atom is -0.339 e. The van der Waals surface area contributed by atoms with Gasteiger partial charge in [-0.15, -0.1) is 0 Å². The maximum Gasteiger partial charge on any atom is 0.0738 e. The van der Waals surface area contributed by atoms with Crippen LogP contribution in [0.4, 0.5) is 0 Å². The topological polar surface area (TPSA) is 30.9 Å². The van der Waals surface area contributed by atoms with Crippen LogP contribution in [0.5, 0.6) is 0 Å². The highest BCUT2D eigenvalue weighted by Gasteiger charge is 2.15. The third kappa shape index (κ3) is 1.65. The summed E-state index contributed by atoms with van der Waals surface area (Å²) >= 11 is 0. The first-order valence-corrected chi connectivity index (χ1v) is 6.31. The van der Waals surface area contributed by atoms with Gasteiger partial charge in [-0.25, -0.2) is 0 Å². The zero-order valence-electron chi connectivity index (χ0n) is 10.9. The Bertz CT molecular complexity index is 727. The Balaban J connectivity index is 2.40. The van der Waals surface area contributed by atoms with Crippen LogP contribution in [0.15, 0.2) is 55.1 Å². The molecule has 0 saturated heterocycles. The second kappa shape index (κ2) is 4.32. The minimum absolute atomic E-state index is 1.05. The normalized spacial score (nSPS) is 10.8. The van der Waals surface area contributed by atoms with E-state index in [1.165, 1.54) is 10.9 Å². The number of fused-ring (bicyclic) bond motifs is 1. The number of benzene rings is 2. The first-order valence-electron chi connectivity index (χ1n) is 6.31. The van der Waals surface area contributed by atoms with Crippen molar-refractivity contribution in [2.45, 2.75) is 6.92 Å². The number of nitrogens with zero attached hydrogens (tertiary/aromatic N) is 1. The molecule has 2 heteroatoms. The highest BCUT2D eigenvalue weighted by atomic mass is 15.3.